The van der Waals surface area contributed by atoms with Crippen LogP contribution in [0.1, 0.15) is 33.6 Å². The summed E-state index contributed by atoms with van der Waals surface area (Å²) in [5.74, 6) is 0.455. The van der Waals surface area contributed by atoms with E-state index in [4.69, 9.17) is 27.9 Å². The molecule has 0 bridgehead atoms. The standard InChI is InChI=1S/C15H22Cl2N4O2/c1-15(2,3)23-14(22)21-6-4-10(5-7-21)9-18-11-8-12(16)19-20-13(11)17/h8,10H,4-7,9H2,1-3H3,(H,18,19). The van der Waals surface area contributed by atoms with E-state index in [1.807, 2.05) is 20.8 Å². The molecule has 128 valence electrons. The summed E-state index contributed by atoms with van der Waals surface area (Å²) in [6.45, 7) is 7.77. The molecular weight excluding hydrogens is 339 g/mol. The van der Waals surface area contributed by atoms with Gasteiger partial charge in [-0.05, 0) is 39.5 Å². The number of hydrogen-bond donors (Lipinski definition) is 1. The molecule has 23 heavy (non-hydrogen) atoms. The molecule has 1 aliphatic heterocycles. The molecule has 1 aromatic heterocycles. The van der Waals surface area contributed by atoms with E-state index < -0.39 is 5.60 Å². The molecule has 0 saturated carbocycles. The molecular formula is C15H22Cl2N4O2. The molecule has 0 aromatic carbocycles. The van der Waals surface area contributed by atoms with Gasteiger partial charge in [0.1, 0.15) is 5.60 Å². The summed E-state index contributed by atoms with van der Waals surface area (Å²) < 4.78 is 5.39. The summed E-state index contributed by atoms with van der Waals surface area (Å²) >= 11 is 11.8. The molecule has 1 fully saturated rings. The summed E-state index contributed by atoms with van der Waals surface area (Å²) in [6, 6.07) is 1.66. The SMILES string of the molecule is CC(C)(C)OC(=O)N1CCC(CNc2cc(Cl)nnc2Cl)CC1. The number of ether oxygens (including phenoxy) is 1. The quantitative estimate of drug-likeness (QED) is 0.886. The Morgan fingerprint density at radius 2 is 2.00 bits per heavy atom. The van der Waals surface area contributed by atoms with Crippen molar-refractivity contribution >= 4 is 35.0 Å². The molecule has 6 nitrogen and oxygen atoms in total. The number of nitrogens with zero attached hydrogens (tertiary/aromatic N) is 3. The highest BCUT2D eigenvalue weighted by atomic mass is 35.5. The summed E-state index contributed by atoms with van der Waals surface area (Å²) in [5, 5.41) is 11.3. The van der Waals surface area contributed by atoms with Gasteiger partial charge in [-0.15, -0.1) is 10.2 Å². The molecule has 0 aliphatic carbocycles. The normalized spacial score (nSPS) is 16.3. The highest BCUT2D eigenvalue weighted by Gasteiger charge is 2.26. The van der Waals surface area contributed by atoms with E-state index in [0.29, 0.717) is 35.0 Å². The number of rotatable bonds is 3. The van der Waals surface area contributed by atoms with Gasteiger partial charge in [0.25, 0.3) is 0 Å². The molecule has 2 heterocycles. The van der Waals surface area contributed by atoms with Gasteiger partial charge in [0.2, 0.25) is 0 Å². The zero-order chi connectivity index (χ0) is 17.0. The Morgan fingerprint density at radius 1 is 1.35 bits per heavy atom. The van der Waals surface area contributed by atoms with Crippen LogP contribution in [0.5, 0.6) is 0 Å². The zero-order valence-electron chi connectivity index (χ0n) is 13.6. The van der Waals surface area contributed by atoms with Crippen molar-refractivity contribution in [3.05, 3.63) is 16.4 Å². The van der Waals surface area contributed by atoms with Crippen LogP contribution >= 0.6 is 23.2 Å². The Bertz CT molecular complexity index is 555. The third kappa shape index (κ3) is 5.70. The molecule has 0 spiro atoms. The largest absolute Gasteiger partial charge is 0.444 e. The fraction of sp³-hybridized carbons (Fsp3) is 0.667. The number of piperidine rings is 1. The average Bonchev–Trinajstić information content (AvgIpc) is 2.47. The second-order valence-corrected chi connectivity index (χ2v) is 7.41. The fourth-order valence-corrected chi connectivity index (χ4v) is 2.68. The fourth-order valence-electron chi connectivity index (χ4n) is 2.38. The van der Waals surface area contributed by atoms with Gasteiger partial charge in [-0.2, -0.15) is 0 Å². The number of amides is 1. The van der Waals surface area contributed by atoms with Gasteiger partial charge in [-0.1, -0.05) is 23.2 Å². The number of carbonyl (C=O) groups is 1. The lowest BCUT2D eigenvalue weighted by atomic mass is 9.97. The third-order valence-electron chi connectivity index (χ3n) is 3.57. The van der Waals surface area contributed by atoms with Crippen molar-refractivity contribution < 1.29 is 9.53 Å². The Labute approximate surface area is 146 Å². The third-order valence-corrected chi connectivity index (χ3v) is 4.03. The monoisotopic (exact) mass is 360 g/mol. The molecule has 0 radical (unpaired) electrons. The number of nitrogens with one attached hydrogen (secondary N) is 1. The smallest absolute Gasteiger partial charge is 0.410 e. The van der Waals surface area contributed by atoms with Crippen molar-refractivity contribution in [2.75, 3.05) is 25.0 Å². The van der Waals surface area contributed by atoms with Crippen molar-refractivity contribution in [3.63, 3.8) is 0 Å². The van der Waals surface area contributed by atoms with E-state index in [0.717, 1.165) is 19.4 Å². The number of carbonyl (C=O) groups excluding carboxylic acids is 1. The first-order chi connectivity index (χ1) is 10.7. The minimum absolute atomic E-state index is 0.239. The molecule has 0 atom stereocenters. The van der Waals surface area contributed by atoms with Crippen LogP contribution in [-0.2, 0) is 4.74 Å². The minimum atomic E-state index is -0.458. The number of anilines is 1. The predicted molar refractivity (Wildman–Crippen MR) is 91.1 cm³/mol. The topological polar surface area (TPSA) is 67.3 Å². The van der Waals surface area contributed by atoms with E-state index in [1.54, 1.807) is 11.0 Å². The first-order valence-corrected chi connectivity index (χ1v) is 8.41. The molecule has 1 amide bonds. The molecule has 1 saturated heterocycles. The molecule has 8 heteroatoms. The van der Waals surface area contributed by atoms with Crippen LogP contribution < -0.4 is 5.32 Å². The second kappa shape index (κ2) is 7.53. The van der Waals surface area contributed by atoms with Gasteiger partial charge in [0, 0.05) is 25.7 Å². The molecule has 1 aromatic rings. The molecule has 1 aliphatic rings. The predicted octanol–water partition coefficient (Wildman–Crippen LogP) is 3.84. The van der Waals surface area contributed by atoms with E-state index in [9.17, 15) is 4.79 Å². The number of halogens is 2. The zero-order valence-corrected chi connectivity index (χ0v) is 15.1. The van der Waals surface area contributed by atoms with Gasteiger partial charge in [0.15, 0.2) is 10.3 Å². The molecule has 1 N–H and O–H groups in total. The van der Waals surface area contributed by atoms with E-state index >= 15 is 0 Å². The summed E-state index contributed by atoms with van der Waals surface area (Å²) in [7, 11) is 0. The maximum atomic E-state index is 12.0. The van der Waals surface area contributed by atoms with Crippen LogP contribution in [0.15, 0.2) is 6.07 Å². The van der Waals surface area contributed by atoms with Crippen molar-refractivity contribution in [2.24, 2.45) is 5.92 Å². The van der Waals surface area contributed by atoms with Crippen LogP contribution in [0.2, 0.25) is 10.3 Å². The van der Waals surface area contributed by atoms with Crippen LogP contribution in [0, 0.1) is 5.92 Å². The van der Waals surface area contributed by atoms with Crippen LogP contribution in [0.25, 0.3) is 0 Å². The van der Waals surface area contributed by atoms with Crippen LogP contribution in [0.4, 0.5) is 10.5 Å². The minimum Gasteiger partial charge on any atom is -0.444 e. The number of likely N-dealkylation sites (tertiary alicyclic amines) is 1. The average molecular weight is 361 g/mol. The number of aromatic nitrogens is 2. The van der Waals surface area contributed by atoms with Crippen molar-refractivity contribution in [2.45, 2.75) is 39.2 Å². The Kier molecular flexibility index (Phi) is 5.92. The lowest BCUT2D eigenvalue weighted by molar-refractivity contribution is 0.0188. The van der Waals surface area contributed by atoms with Crippen LogP contribution in [0.3, 0.4) is 0 Å². The Hall–Kier alpha value is -1.27. The van der Waals surface area contributed by atoms with E-state index in [2.05, 4.69) is 15.5 Å². The lowest BCUT2D eigenvalue weighted by Gasteiger charge is -2.33. The molecule has 0 unspecified atom stereocenters. The summed E-state index contributed by atoms with van der Waals surface area (Å²) in [6.07, 6.45) is 1.59. The number of hydrogen-bond acceptors (Lipinski definition) is 5. The van der Waals surface area contributed by atoms with Crippen molar-refractivity contribution in [1.29, 1.82) is 0 Å². The Balaban J connectivity index is 1.79. The summed E-state index contributed by atoms with van der Waals surface area (Å²) in [5.41, 5.74) is 0.223. The van der Waals surface area contributed by atoms with E-state index in [1.165, 1.54) is 0 Å². The van der Waals surface area contributed by atoms with Crippen molar-refractivity contribution in [3.8, 4) is 0 Å². The summed E-state index contributed by atoms with van der Waals surface area (Å²) in [4.78, 5) is 13.8. The maximum Gasteiger partial charge on any atom is 0.410 e. The van der Waals surface area contributed by atoms with Crippen molar-refractivity contribution in [1.82, 2.24) is 15.1 Å². The lowest BCUT2D eigenvalue weighted by Crippen LogP contribution is -2.42. The van der Waals surface area contributed by atoms with Gasteiger partial charge < -0.3 is 15.0 Å². The Morgan fingerprint density at radius 3 is 2.61 bits per heavy atom. The highest BCUT2D eigenvalue weighted by molar-refractivity contribution is 6.33. The first kappa shape index (κ1) is 18.1. The highest BCUT2D eigenvalue weighted by Crippen LogP contribution is 2.24. The van der Waals surface area contributed by atoms with Crippen LogP contribution in [-0.4, -0.2) is 46.4 Å². The second-order valence-electron chi connectivity index (χ2n) is 6.66. The maximum absolute atomic E-state index is 12.0. The van der Waals surface area contributed by atoms with Gasteiger partial charge in [-0.25, -0.2) is 4.79 Å². The molecule has 2 rings (SSSR count). The van der Waals surface area contributed by atoms with Gasteiger partial charge in [0.05, 0.1) is 5.69 Å². The first-order valence-electron chi connectivity index (χ1n) is 7.65. The van der Waals surface area contributed by atoms with Gasteiger partial charge in [-0.3, -0.25) is 0 Å². The van der Waals surface area contributed by atoms with E-state index in [-0.39, 0.29) is 6.09 Å². The van der Waals surface area contributed by atoms with Gasteiger partial charge >= 0.3 is 6.09 Å².